The summed E-state index contributed by atoms with van der Waals surface area (Å²) in [6, 6.07) is 5.82. The van der Waals surface area contributed by atoms with Gasteiger partial charge in [0.1, 0.15) is 0 Å². The molecule has 1 aromatic carbocycles. The number of hydrogen-bond donors (Lipinski definition) is 2. The van der Waals surface area contributed by atoms with E-state index in [0.717, 1.165) is 17.1 Å². The molecule has 0 radical (unpaired) electrons. The van der Waals surface area contributed by atoms with Crippen LogP contribution in [0, 0.1) is 0 Å². The number of ether oxygens (including phenoxy) is 2. The quantitative estimate of drug-likeness (QED) is 0.877. The average molecular weight is 314 g/mol. The number of nitrogens with one attached hydrogen (secondary N) is 2. The number of hydrogen-bond acceptors (Lipinski definition) is 6. The van der Waals surface area contributed by atoms with Crippen molar-refractivity contribution in [2.45, 2.75) is 26.4 Å². The van der Waals surface area contributed by atoms with Crippen molar-refractivity contribution in [3.05, 3.63) is 41.7 Å². The Morgan fingerprint density at radius 3 is 2.70 bits per heavy atom. The van der Waals surface area contributed by atoms with Gasteiger partial charge in [-0.1, -0.05) is 6.07 Å². The molecular weight excluding hydrogens is 296 g/mol. The number of amides is 1. The molecule has 1 aromatic heterocycles. The molecule has 0 saturated carbocycles. The van der Waals surface area contributed by atoms with Gasteiger partial charge in [-0.15, -0.1) is 0 Å². The van der Waals surface area contributed by atoms with E-state index in [0.29, 0.717) is 18.1 Å². The SMILES string of the molecule is CC(C)NC(=O)c1cnc(NCc2ccc3c(c2)OCO3)nc1. The molecule has 0 fully saturated rings. The zero-order valence-corrected chi connectivity index (χ0v) is 13.0. The van der Waals surface area contributed by atoms with Gasteiger partial charge in [0, 0.05) is 25.0 Å². The third-order valence-corrected chi connectivity index (χ3v) is 3.22. The Kier molecular flexibility index (Phi) is 4.27. The second-order valence-corrected chi connectivity index (χ2v) is 5.46. The first-order valence-electron chi connectivity index (χ1n) is 7.37. The van der Waals surface area contributed by atoms with Gasteiger partial charge in [0.05, 0.1) is 5.56 Å². The molecule has 0 atom stereocenters. The Morgan fingerprint density at radius 1 is 1.22 bits per heavy atom. The van der Waals surface area contributed by atoms with Gasteiger partial charge in [0.25, 0.3) is 5.91 Å². The van der Waals surface area contributed by atoms with E-state index in [1.807, 2.05) is 32.0 Å². The van der Waals surface area contributed by atoms with Crippen LogP contribution in [0.2, 0.25) is 0 Å². The van der Waals surface area contributed by atoms with Gasteiger partial charge in [0.2, 0.25) is 12.7 Å². The summed E-state index contributed by atoms with van der Waals surface area (Å²) in [6.07, 6.45) is 3.01. The van der Waals surface area contributed by atoms with Crippen molar-refractivity contribution in [3.8, 4) is 11.5 Å². The zero-order valence-electron chi connectivity index (χ0n) is 13.0. The minimum absolute atomic E-state index is 0.0753. The molecule has 7 heteroatoms. The maximum absolute atomic E-state index is 11.8. The van der Waals surface area contributed by atoms with E-state index in [4.69, 9.17) is 9.47 Å². The minimum atomic E-state index is -0.178. The van der Waals surface area contributed by atoms with Crippen molar-refractivity contribution >= 4 is 11.9 Å². The van der Waals surface area contributed by atoms with E-state index in [1.165, 1.54) is 12.4 Å². The van der Waals surface area contributed by atoms with Gasteiger partial charge >= 0.3 is 0 Å². The topological polar surface area (TPSA) is 85.4 Å². The standard InChI is InChI=1S/C16H18N4O3/c1-10(2)20-15(21)12-7-18-16(19-8-12)17-6-11-3-4-13-14(5-11)23-9-22-13/h3-5,7-8,10H,6,9H2,1-2H3,(H,20,21)(H,17,18,19). The predicted octanol–water partition coefficient (Wildman–Crippen LogP) is 1.96. The Morgan fingerprint density at radius 2 is 1.96 bits per heavy atom. The summed E-state index contributed by atoms with van der Waals surface area (Å²) in [5, 5.41) is 5.90. The number of benzene rings is 1. The second kappa shape index (κ2) is 6.51. The average Bonchev–Trinajstić information content (AvgIpc) is 3.00. The second-order valence-electron chi connectivity index (χ2n) is 5.46. The summed E-state index contributed by atoms with van der Waals surface area (Å²) in [5.74, 6) is 1.78. The van der Waals surface area contributed by atoms with Crippen molar-refractivity contribution < 1.29 is 14.3 Å². The fourth-order valence-corrected chi connectivity index (χ4v) is 2.11. The fourth-order valence-electron chi connectivity index (χ4n) is 2.11. The van der Waals surface area contributed by atoms with E-state index < -0.39 is 0 Å². The third-order valence-electron chi connectivity index (χ3n) is 3.22. The Bertz CT molecular complexity index is 701. The Labute approximate surface area is 134 Å². The number of carbonyl (C=O) groups excluding carboxylic acids is 1. The molecule has 23 heavy (non-hydrogen) atoms. The lowest BCUT2D eigenvalue weighted by atomic mass is 10.2. The summed E-state index contributed by atoms with van der Waals surface area (Å²) in [6.45, 7) is 4.61. The first-order chi connectivity index (χ1) is 11.1. The van der Waals surface area contributed by atoms with Crippen LogP contribution in [0.5, 0.6) is 11.5 Å². The number of nitrogens with zero attached hydrogens (tertiary/aromatic N) is 2. The van der Waals surface area contributed by atoms with Crippen LogP contribution in [0.1, 0.15) is 29.8 Å². The Hall–Kier alpha value is -2.83. The fraction of sp³-hybridized carbons (Fsp3) is 0.312. The van der Waals surface area contributed by atoms with Crippen LogP contribution in [0.3, 0.4) is 0 Å². The Balaban J connectivity index is 1.59. The van der Waals surface area contributed by atoms with Gasteiger partial charge in [-0.3, -0.25) is 4.79 Å². The zero-order chi connectivity index (χ0) is 16.2. The number of carbonyl (C=O) groups is 1. The first-order valence-corrected chi connectivity index (χ1v) is 7.37. The van der Waals surface area contributed by atoms with Gasteiger partial charge in [-0.2, -0.15) is 0 Å². The molecule has 1 aliphatic heterocycles. The van der Waals surface area contributed by atoms with Crippen LogP contribution >= 0.6 is 0 Å². The number of rotatable bonds is 5. The number of aromatic nitrogens is 2. The third kappa shape index (κ3) is 3.68. The molecular formula is C16H18N4O3. The highest BCUT2D eigenvalue weighted by Gasteiger charge is 2.13. The van der Waals surface area contributed by atoms with Crippen molar-refractivity contribution in [1.29, 1.82) is 0 Å². The lowest BCUT2D eigenvalue weighted by Crippen LogP contribution is -2.30. The van der Waals surface area contributed by atoms with Gasteiger partial charge in [0.15, 0.2) is 11.5 Å². The maximum atomic E-state index is 11.8. The molecule has 1 aliphatic rings. The summed E-state index contributed by atoms with van der Waals surface area (Å²) in [4.78, 5) is 20.1. The van der Waals surface area contributed by atoms with Crippen molar-refractivity contribution in [2.24, 2.45) is 0 Å². The highest BCUT2D eigenvalue weighted by molar-refractivity contribution is 5.93. The largest absolute Gasteiger partial charge is 0.454 e. The van der Waals surface area contributed by atoms with Crippen LogP contribution in [-0.4, -0.2) is 28.7 Å². The molecule has 0 aliphatic carbocycles. The predicted molar refractivity (Wildman–Crippen MR) is 84.5 cm³/mol. The molecule has 1 amide bonds. The van der Waals surface area contributed by atoms with E-state index in [-0.39, 0.29) is 18.7 Å². The molecule has 0 spiro atoms. The van der Waals surface area contributed by atoms with E-state index in [9.17, 15) is 4.79 Å². The maximum Gasteiger partial charge on any atom is 0.254 e. The van der Waals surface area contributed by atoms with Gasteiger partial charge in [-0.05, 0) is 31.5 Å². The normalized spacial score (nSPS) is 12.3. The van der Waals surface area contributed by atoms with E-state index >= 15 is 0 Å². The van der Waals surface area contributed by atoms with E-state index in [2.05, 4.69) is 20.6 Å². The van der Waals surface area contributed by atoms with Crippen LogP contribution in [0.4, 0.5) is 5.95 Å². The number of anilines is 1. The molecule has 0 unspecified atom stereocenters. The lowest BCUT2D eigenvalue weighted by molar-refractivity contribution is 0.0942. The van der Waals surface area contributed by atoms with E-state index in [1.54, 1.807) is 0 Å². The smallest absolute Gasteiger partial charge is 0.254 e. The molecule has 7 nitrogen and oxygen atoms in total. The molecule has 2 N–H and O–H groups in total. The van der Waals surface area contributed by atoms with Crippen molar-refractivity contribution in [1.82, 2.24) is 15.3 Å². The summed E-state index contributed by atoms with van der Waals surface area (Å²) < 4.78 is 10.6. The first kappa shape index (κ1) is 15.1. The van der Waals surface area contributed by atoms with Crippen LogP contribution in [-0.2, 0) is 6.54 Å². The number of fused-ring (bicyclic) bond motifs is 1. The van der Waals surface area contributed by atoms with Gasteiger partial charge < -0.3 is 20.1 Å². The summed E-state index contributed by atoms with van der Waals surface area (Å²) in [7, 11) is 0. The minimum Gasteiger partial charge on any atom is -0.454 e. The highest BCUT2D eigenvalue weighted by atomic mass is 16.7. The van der Waals surface area contributed by atoms with Crippen LogP contribution < -0.4 is 20.1 Å². The summed E-state index contributed by atoms with van der Waals surface area (Å²) >= 11 is 0. The highest BCUT2D eigenvalue weighted by Crippen LogP contribution is 2.32. The van der Waals surface area contributed by atoms with Crippen molar-refractivity contribution in [2.75, 3.05) is 12.1 Å². The molecule has 3 rings (SSSR count). The summed E-state index contributed by atoms with van der Waals surface area (Å²) in [5.41, 5.74) is 1.46. The molecule has 0 bridgehead atoms. The molecule has 0 saturated heterocycles. The molecule has 2 aromatic rings. The van der Waals surface area contributed by atoms with Crippen LogP contribution in [0.25, 0.3) is 0 Å². The lowest BCUT2D eigenvalue weighted by Gasteiger charge is -2.09. The molecule has 2 heterocycles. The molecule has 120 valence electrons. The monoisotopic (exact) mass is 314 g/mol. The van der Waals surface area contributed by atoms with Crippen LogP contribution in [0.15, 0.2) is 30.6 Å². The van der Waals surface area contributed by atoms with Gasteiger partial charge in [-0.25, -0.2) is 9.97 Å². The van der Waals surface area contributed by atoms with Crippen molar-refractivity contribution in [3.63, 3.8) is 0 Å².